The number of hydrogen-bond acceptors (Lipinski definition) is 3. The summed E-state index contributed by atoms with van der Waals surface area (Å²) in [5, 5.41) is 10.1. The molecule has 1 saturated carbocycles. The molecule has 2 aromatic rings. The topological polar surface area (TPSA) is 61.9 Å². The van der Waals surface area contributed by atoms with Gasteiger partial charge in [-0.1, -0.05) is 17.7 Å². The van der Waals surface area contributed by atoms with Crippen molar-refractivity contribution in [2.75, 3.05) is 0 Å². The van der Waals surface area contributed by atoms with Crippen molar-refractivity contribution in [3.05, 3.63) is 46.5 Å². The van der Waals surface area contributed by atoms with Gasteiger partial charge < -0.3 is 4.90 Å². The predicted octanol–water partition coefficient (Wildman–Crippen LogP) is 2.40. The highest BCUT2D eigenvalue weighted by molar-refractivity contribution is 6.31. The van der Waals surface area contributed by atoms with Crippen LogP contribution in [0.4, 0.5) is 4.39 Å². The van der Waals surface area contributed by atoms with Crippen LogP contribution in [-0.2, 0) is 6.54 Å². The molecule has 0 atom stereocenters. The molecule has 7 heteroatoms. The normalized spacial score (nSPS) is 14.3. The second kappa shape index (κ2) is 5.20. The van der Waals surface area contributed by atoms with Gasteiger partial charge in [0, 0.05) is 16.6 Å². The smallest absolute Gasteiger partial charge is 0.276 e. The second-order valence-corrected chi connectivity index (χ2v) is 5.13. The lowest BCUT2D eigenvalue weighted by Crippen LogP contribution is -2.33. The van der Waals surface area contributed by atoms with Crippen LogP contribution in [0.25, 0.3) is 0 Å². The van der Waals surface area contributed by atoms with Gasteiger partial charge in [-0.2, -0.15) is 15.4 Å². The third-order valence-electron chi connectivity index (χ3n) is 3.27. The first-order chi connectivity index (χ1) is 9.66. The van der Waals surface area contributed by atoms with Gasteiger partial charge in [-0.3, -0.25) is 4.79 Å². The molecular formula is C13H12ClFN4O. The van der Waals surface area contributed by atoms with Gasteiger partial charge in [-0.05, 0) is 25.0 Å². The van der Waals surface area contributed by atoms with Crippen molar-refractivity contribution in [2.45, 2.75) is 25.4 Å². The molecule has 20 heavy (non-hydrogen) atoms. The summed E-state index contributed by atoms with van der Waals surface area (Å²) in [6.07, 6.45) is 3.19. The molecule has 0 aliphatic heterocycles. The van der Waals surface area contributed by atoms with E-state index in [1.54, 1.807) is 17.0 Å². The van der Waals surface area contributed by atoms with E-state index in [4.69, 9.17) is 11.6 Å². The Balaban J connectivity index is 1.87. The molecule has 1 N–H and O–H groups in total. The number of nitrogens with zero attached hydrogens (tertiary/aromatic N) is 3. The Morgan fingerprint density at radius 2 is 2.30 bits per heavy atom. The molecule has 1 heterocycles. The van der Waals surface area contributed by atoms with Crippen molar-refractivity contribution < 1.29 is 9.18 Å². The lowest BCUT2D eigenvalue weighted by molar-refractivity contribution is 0.0722. The molecule has 1 aromatic heterocycles. The van der Waals surface area contributed by atoms with E-state index in [0.717, 1.165) is 12.8 Å². The SMILES string of the molecule is O=C(c1cn[nH]n1)N(Cc1c(F)cccc1Cl)C1CC1. The summed E-state index contributed by atoms with van der Waals surface area (Å²) in [6.45, 7) is 0.141. The Labute approximate surface area is 119 Å². The molecule has 0 bridgehead atoms. The van der Waals surface area contributed by atoms with Crippen LogP contribution in [-0.4, -0.2) is 32.3 Å². The lowest BCUT2D eigenvalue weighted by atomic mass is 10.2. The minimum Gasteiger partial charge on any atom is -0.330 e. The fourth-order valence-corrected chi connectivity index (χ4v) is 2.28. The average molecular weight is 295 g/mol. The van der Waals surface area contributed by atoms with Gasteiger partial charge in [0.15, 0.2) is 5.69 Å². The van der Waals surface area contributed by atoms with Crippen LogP contribution in [0.5, 0.6) is 0 Å². The fourth-order valence-electron chi connectivity index (χ4n) is 2.06. The molecular weight excluding hydrogens is 283 g/mol. The van der Waals surface area contributed by atoms with Gasteiger partial charge in [0.05, 0.1) is 12.7 Å². The van der Waals surface area contributed by atoms with Gasteiger partial charge in [-0.15, -0.1) is 0 Å². The number of benzene rings is 1. The van der Waals surface area contributed by atoms with E-state index in [2.05, 4.69) is 15.4 Å². The maximum absolute atomic E-state index is 13.8. The fraction of sp³-hybridized carbons (Fsp3) is 0.308. The zero-order chi connectivity index (χ0) is 14.1. The molecule has 3 rings (SSSR count). The molecule has 0 saturated heterocycles. The van der Waals surface area contributed by atoms with E-state index in [1.165, 1.54) is 12.3 Å². The molecule has 1 aliphatic rings. The highest BCUT2D eigenvalue weighted by atomic mass is 35.5. The van der Waals surface area contributed by atoms with Crippen LogP contribution in [0.1, 0.15) is 28.9 Å². The Morgan fingerprint density at radius 1 is 1.50 bits per heavy atom. The second-order valence-electron chi connectivity index (χ2n) is 4.72. The summed E-state index contributed by atoms with van der Waals surface area (Å²) in [4.78, 5) is 14.0. The van der Waals surface area contributed by atoms with Gasteiger partial charge >= 0.3 is 0 Å². The van der Waals surface area contributed by atoms with E-state index >= 15 is 0 Å². The maximum Gasteiger partial charge on any atom is 0.276 e. The molecule has 0 unspecified atom stereocenters. The van der Waals surface area contributed by atoms with E-state index in [1.807, 2.05) is 0 Å². The Kier molecular flexibility index (Phi) is 3.40. The van der Waals surface area contributed by atoms with Crippen molar-refractivity contribution in [1.29, 1.82) is 0 Å². The Hall–Kier alpha value is -1.95. The summed E-state index contributed by atoms with van der Waals surface area (Å²) < 4.78 is 13.8. The number of halogens is 2. The van der Waals surface area contributed by atoms with E-state index in [9.17, 15) is 9.18 Å². The van der Waals surface area contributed by atoms with Crippen molar-refractivity contribution in [1.82, 2.24) is 20.3 Å². The number of H-pyrrole nitrogens is 1. The minimum atomic E-state index is -0.406. The van der Waals surface area contributed by atoms with Crippen LogP contribution >= 0.6 is 11.6 Å². The predicted molar refractivity (Wildman–Crippen MR) is 70.7 cm³/mol. The first-order valence-electron chi connectivity index (χ1n) is 6.26. The number of carbonyl (C=O) groups excluding carboxylic acids is 1. The molecule has 1 aliphatic carbocycles. The van der Waals surface area contributed by atoms with Crippen molar-refractivity contribution >= 4 is 17.5 Å². The Morgan fingerprint density at radius 3 is 2.90 bits per heavy atom. The summed E-state index contributed by atoms with van der Waals surface area (Å²) >= 11 is 6.02. The highest BCUT2D eigenvalue weighted by Crippen LogP contribution is 2.31. The van der Waals surface area contributed by atoms with Crippen molar-refractivity contribution in [2.24, 2.45) is 0 Å². The standard InChI is InChI=1S/C13H12ClFN4O/c14-10-2-1-3-11(15)9(10)7-19(8-4-5-8)13(20)12-6-16-18-17-12/h1-3,6,8H,4-5,7H2,(H,16,17,18). The van der Waals surface area contributed by atoms with Crippen LogP contribution in [0.15, 0.2) is 24.4 Å². The average Bonchev–Trinajstić information content (AvgIpc) is 3.11. The maximum atomic E-state index is 13.8. The van der Waals surface area contributed by atoms with Crippen LogP contribution in [0.3, 0.4) is 0 Å². The number of aromatic nitrogens is 3. The van der Waals surface area contributed by atoms with Gasteiger partial charge in [-0.25, -0.2) is 4.39 Å². The molecule has 1 fully saturated rings. The number of nitrogens with one attached hydrogen (secondary N) is 1. The van der Waals surface area contributed by atoms with Gasteiger partial charge in [0.25, 0.3) is 5.91 Å². The number of amides is 1. The third-order valence-corrected chi connectivity index (χ3v) is 3.63. The van der Waals surface area contributed by atoms with Gasteiger partial charge in [0.1, 0.15) is 5.82 Å². The number of carbonyl (C=O) groups is 1. The summed E-state index contributed by atoms with van der Waals surface area (Å²) in [5.74, 6) is -0.670. The van der Waals surface area contributed by atoms with E-state index in [-0.39, 0.29) is 24.2 Å². The van der Waals surface area contributed by atoms with Crippen LogP contribution in [0, 0.1) is 5.82 Å². The molecule has 0 spiro atoms. The molecule has 0 radical (unpaired) electrons. The largest absolute Gasteiger partial charge is 0.330 e. The number of hydrogen-bond donors (Lipinski definition) is 1. The first-order valence-corrected chi connectivity index (χ1v) is 6.64. The zero-order valence-electron chi connectivity index (χ0n) is 10.5. The van der Waals surface area contributed by atoms with Crippen molar-refractivity contribution in [3.8, 4) is 0 Å². The number of rotatable bonds is 4. The summed E-state index contributed by atoms with van der Waals surface area (Å²) in [7, 11) is 0. The molecule has 1 aromatic carbocycles. The van der Waals surface area contributed by atoms with Crippen LogP contribution < -0.4 is 0 Å². The molecule has 104 valence electrons. The molecule has 5 nitrogen and oxygen atoms in total. The Bertz CT molecular complexity index is 607. The quantitative estimate of drug-likeness (QED) is 0.942. The van der Waals surface area contributed by atoms with Crippen molar-refractivity contribution in [3.63, 3.8) is 0 Å². The summed E-state index contributed by atoms with van der Waals surface area (Å²) in [5.41, 5.74) is 0.558. The lowest BCUT2D eigenvalue weighted by Gasteiger charge is -2.22. The minimum absolute atomic E-state index is 0.120. The number of aromatic amines is 1. The summed E-state index contributed by atoms with van der Waals surface area (Å²) in [6, 6.07) is 4.62. The highest BCUT2D eigenvalue weighted by Gasteiger charge is 2.34. The first kappa shape index (κ1) is 13.1. The van der Waals surface area contributed by atoms with Gasteiger partial charge in [0.2, 0.25) is 0 Å². The van der Waals surface area contributed by atoms with E-state index in [0.29, 0.717) is 10.6 Å². The molecule has 1 amide bonds. The monoisotopic (exact) mass is 294 g/mol. The van der Waals surface area contributed by atoms with Crippen LogP contribution in [0.2, 0.25) is 5.02 Å². The third kappa shape index (κ3) is 2.51. The van der Waals surface area contributed by atoms with E-state index < -0.39 is 5.82 Å². The zero-order valence-corrected chi connectivity index (χ0v) is 11.3.